The minimum atomic E-state index is -0.624. The van der Waals surface area contributed by atoms with Gasteiger partial charge in [-0.25, -0.2) is 0 Å². The molecule has 1 atom stereocenters. The van der Waals surface area contributed by atoms with Crippen molar-refractivity contribution in [2.24, 2.45) is 0 Å². The molecule has 0 aliphatic heterocycles. The third-order valence-corrected chi connectivity index (χ3v) is 7.08. The van der Waals surface area contributed by atoms with E-state index in [1.807, 2.05) is 19.9 Å². The topological polar surface area (TPSA) is 49.4 Å². The first-order valence-electron chi connectivity index (χ1n) is 10.3. The molecule has 0 heterocycles. The Morgan fingerprint density at radius 1 is 1.03 bits per heavy atom. The molecule has 1 N–H and O–H groups in total. The summed E-state index contributed by atoms with van der Waals surface area (Å²) in [4.78, 5) is 27.6. The summed E-state index contributed by atoms with van der Waals surface area (Å²) >= 11 is 26.3. The Morgan fingerprint density at radius 2 is 1.72 bits per heavy atom. The predicted molar refractivity (Wildman–Crippen MR) is 137 cm³/mol. The fraction of sp³-hybridized carbons (Fsp3) is 0.391. The smallest absolute Gasteiger partial charge is 0.242 e. The molecule has 32 heavy (non-hydrogen) atoms. The number of hydrogen-bond donors (Lipinski definition) is 1. The summed E-state index contributed by atoms with van der Waals surface area (Å²) < 4.78 is 0. The molecule has 0 aliphatic rings. The largest absolute Gasteiger partial charge is 0.354 e. The number of nitrogens with one attached hydrogen (secondary N) is 1. The van der Waals surface area contributed by atoms with E-state index in [9.17, 15) is 9.59 Å². The number of nitrogens with zero attached hydrogens (tertiary/aromatic N) is 1. The van der Waals surface area contributed by atoms with Crippen molar-refractivity contribution in [2.45, 2.75) is 45.0 Å². The zero-order chi connectivity index (χ0) is 23.7. The first kappa shape index (κ1) is 27.1. The number of carbonyl (C=O) groups is 2. The number of hydrogen-bond acceptors (Lipinski definition) is 3. The molecule has 174 valence electrons. The molecule has 0 bridgehead atoms. The van der Waals surface area contributed by atoms with Crippen LogP contribution in [0.25, 0.3) is 0 Å². The highest BCUT2D eigenvalue weighted by Gasteiger charge is 2.29. The van der Waals surface area contributed by atoms with E-state index in [1.54, 1.807) is 35.2 Å². The van der Waals surface area contributed by atoms with Gasteiger partial charge in [0.25, 0.3) is 0 Å². The molecule has 0 aliphatic carbocycles. The van der Waals surface area contributed by atoms with E-state index >= 15 is 0 Å². The molecule has 2 aromatic carbocycles. The van der Waals surface area contributed by atoms with Crippen molar-refractivity contribution in [1.82, 2.24) is 10.2 Å². The van der Waals surface area contributed by atoms with Gasteiger partial charge in [0.05, 0.1) is 5.75 Å². The Bertz CT molecular complexity index is 922. The first-order valence-corrected chi connectivity index (χ1v) is 13.0. The van der Waals surface area contributed by atoms with Crippen LogP contribution in [0.1, 0.15) is 37.8 Å². The zero-order valence-electron chi connectivity index (χ0n) is 18.0. The van der Waals surface area contributed by atoms with Gasteiger partial charge in [0, 0.05) is 44.5 Å². The van der Waals surface area contributed by atoms with Gasteiger partial charge in [-0.1, -0.05) is 72.4 Å². The maximum Gasteiger partial charge on any atom is 0.242 e. The quantitative estimate of drug-likeness (QED) is 0.341. The zero-order valence-corrected chi connectivity index (χ0v) is 21.8. The second kappa shape index (κ2) is 13.6. The first-order chi connectivity index (χ1) is 15.3. The lowest BCUT2D eigenvalue weighted by atomic mass is 10.1. The number of rotatable bonds is 11. The lowest BCUT2D eigenvalue weighted by Gasteiger charge is -2.31. The molecular weight excluding hydrogens is 510 g/mol. The van der Waals surface area contributed by atoms with Crippen LogP contribution in [0.4, 0.5) is 0 Å². The van der Waals surface area contributed by atoms with Gasteiger partial charge in [-0.15, -0.1) is 11.8 Å². The summed E-state index contributed by atoms with van der Waals surface area (Å²) in [6.07, 6.45) is 1.28. The summed E-state index contributed by atoms with van der Waals surface area (Å²) in [6.45, 7) is 4.56. The van der Waals surface area contributed by atoms with Gasteiger partial charge in [-0.05, 0) is 42.7 Å². The molecule has 0 fully saturated rings. The van der Waals surface area contributed by atoms with Crippen LogP contribution in [-0.4, -0.2) is 35.1 Å². The van der Waals surface area contributed by atoms with E-state index in [1.165, 1.54) is 11.8 Å². The molecule has 2 amide bonds. The lowest BCUT2D eigenvalue weighted by molar-refractivity contribution is -0.139. The van der Waals surface area contributed by atoms with Gasteiger partial charge < -0.3 is 10.2 Å². The van der Waals surface area contributed by atoms with Crippen molar-refractivity contribution in [3.8, 4) is 0 Å². The van der Waals surface area contributed by atoms with Gasteiger partial charge >= 0.3 is 0 Å². The number of benzene rings is 2. The van der Waals surface area contributed by atoms with Gasteiger partial charge in [0.2, 0.25) is 11.8 Å². The van der Waals surface area contributed by atoms with E-state index < -0.39 is 6.04 Å². The maximum absolute atomic E-state index is 13.3. The standard InChI is InChI=1S/C23H26Cl4N2O2S/c1-3-10-28-23(31)21(4-2)29(12-17-18(25)6-5-7-19(17)26)22(30)14-32-13-15-8-9-16(24)11-20(15)27/h5-9,11,21H,3-4,10,12-14H2,1-2H3,(H,28,31). The molecule has 0 saturated heterocycles. The van der Waals surface area contributed by atoms with Crippen molar-refractivity contribution in [2.75, 3.05) is 12.3 Å². The highest BCUT2D eigenvalue weighted by atomic mass is 35.5. The minimum Gasteiger partial charge on any atom is -0.354 e. The summed E-state index contributed by atoms with van der Waals surface area (Å²) in [6, 6.07) is 9.86. The normalized spacial score (nSPS) is 11.8. The van der Waals surface area contributed by atoms with Crippen LogP contribution in [0.15, 0.2) is 36.4 Å². The third-order valence-electron chi connectivity index (χ3n) is 4.82. The Hall–Kier alpha value is -1.11. The van der Waals surface area contributed by atoms with Gasteiger partial charge in [0.15, 0.2) is 0 Å². The maximum atomic E-state index is 13.3. The minimum absolute atomic E-state index is 0.150. The second-order valence-electron chi connectivity index (χ2n) is 7.17. The summed E-state index contributed by atoms with van der Waals surface area (Å²) in [7, 11) is 0. The SMILES string of the molecule is CCCNC(=O)C(CC)N(Cc1c(Cl)cccc1Cl)C(=O)CSCc1ccc(Cl)cc1Cl. The van der Waals surface area contributed by atoms with Crippen LogP contribution in [0.3, 0.4) is 0 Å². The molecule has 4 nitrogen and oxygen atoms in total. The molecular formula is C23H26Cl4N2O2S. The van der Waals surface area contributed by atoms with Crippen LogP contribution < -0.4 is 5.32 Å². The average Bonchev–Trinajstić information content (AvgIpc) is 2.75. The lowest BCUT2D eigenvalue weighted by Crippen LogP contribution is -2.49. The average molecular weight is 536 g/mol. The summed E-state index contributed by atoms with van der Waals surface area (Å²) in [5, 5.41) is 4.93. The van der Waals surface area contributed by atoms with Gasteiger partial charge in [-0.3, -0.25) is 9.59 Å². The van der Waals surface area contributed by atoms with Crippen molar-refractivity contribution in [3.63, 3.8) is 0 Å². The van der Waals surface area contributed by atoms with Crippen LogP contribution in [-0.2, 0) is 21.9 Å². The fourth-order valence-electron chi connectivity index (χ4n) is 3.11. The monoisotopic (exact) mass is 534 g/mol. The Balaban J connectivity index is 2.19. The predicted octanol–water partition coefficient (Wildman–Crippen LogP) is 6.87. The number of carbonyl (C=O) groups excluding carboxylic acids is 2. The van der Waals surface area contributed by atoms with Crippen LogP contribution in [0.2, 0.25) is 20.1 Å². The van der Waals surface area contributed by atoms with E-state index in [-0.39, 0.29) is 24.1 Å². The Labute approximate surface area is 213 Å². The number of thioether (sulfide) groups is 1. The second-order valence-corrected chi connectivity index (χ2v) is 9.81. The highest BCUT2D eigenvalue weighted by molar-refractivity contribution is 7.99. The van der Waals surface area contributed by atoms with E-state index in [0.717, 1.165) is 12.0 Å². The van der Waals surface area contributed by atoms with Crippen LogP contribution in [0, 0.1) is 0 Å². The third kappa shape index (κ3) is 7.74. The van der Waals surface area contributed by atoms with Crippen molar-refractivity contribution >= 4 is 70.0 Å². The molecule has 0 saturated carbocycles. The summed E-state index contributed by atoms with van der Waals surface area (Å²) in [5.74, 6) is 0.367. The molecule has 0 aromatic heterocycles. The Kier molecular flexibility index (Phi) is 11.5. The van der Waals surface area contributed by atoms with Gasteiger partial charge in [-0.2, -0.15) is 0 Å². The highest BCUT2D eigenvalue weighted by Crippen LogP contribution is 2.28. The molecule has 9 heteroatoms. The van der Waals surface area contributed by atoms with E-state index in [0.29, 0.717) is 44.4 Å². The summed E-state index contributed by atoms with van der Waals surface area (Å²) in [5.41, 5.74) is 1.51. The van der Waals surface area contributed by atoms with Crippen molar-refractivity contribution in [1.29, 1.82) is 0 Å². The molecule has 0 spiro atoms. The molecule has 1 unspecified atom stereocenters. The molecule has 2 rings (SSSR count). The number of amides is 2. The molecule has 2 aromatic rings. The van der Waals surface area contributed by atoms with Crippen molar-refractivity contribution in [3.05, 3.63) is 67.6 Å². The van der Waals surface area contributed by atoms with E-state index in [2.05, 4.69) is 5.32 Å². The molecule has 0 radical (unpaired) electrons. The number of halogens is 4. The van der Waals surface area contributed by atoms with Crippen molar-refractivity contribution < 1.29 is 9.59 Å². The Morgan fingerprint density at radius 3 is 2.31 bits per heavy atom. The van der Waals surface area contributed by atoms with Crippen LogP contribution >= 0.6 is 58.2 Å². The fourth-order valence-corrected chi connectivity index (χ4v) is 5.09. The van der Waals surface area contributed by atoms with Crippen LogP contribution in [0.5, 0.6) is 0 Å². The van der Waals surface area contributed by atoms with Gasteiger partial charge in [0.1, 0.15) is 6.04 Å². The van der Waals surface area contributed by atoms with E-state index in [4.69, 9.17) is 46.4 Å².